The number of nitro groups is 1. The van der Waals surface area contributed by atoms with E-state index in [1.165, 1.54) is 23.4 Å². The molecule has 0 radical (unpaired) electrons. The van der Waals surface area contributed by atoms with E-state index in [4.69, 9.17) is 5.73 Å². The van der Waals surface area contributed by atoms with Crippen molar-refractivity contribution in [2.45, 2.75) is 25.3 Å². The van der Waals surface area contributed by atoms with Crippen molar-refractivity contribution < 1.29 is 4.92 Å². The lowest BCUT2D eigenvalue weighted by Gasteiger charge is -2.27. The van der Waals surface area contributed by atoms with Crippen LogP contribution in [0.15, 0.2) is 34.9 Å². The quantitative estimate of drug-likeness (QED) is 0.491. The molecule has 1 aromatic heterocycles. The molecule has 0 aliphatic heterocycles. The molecule has 1 aliphatic rings. The van der Waals surface area contributed by atoms with Crippen molar-refractivity contribution in [3.8, 4) is 0 Å². The van der Waals surface area contributed by atoms with E-state index in [-0.39, 0.29) is 11.7 Å². The number of hydrogen-bond donors (Lipinski definition) is 2. The van der Waals surface area contributed by atoms with E-state index in [2.05, 4.69) is 26.2 Å². The molecule has 2 aromatic rings. The van der Waals surface area contributed by atoms with Gasteiger partial charge < -0.3 is 11.1 Å². The van der Waals surface area contributed by atoms with Crippen molar-refractivity contribution in [2.24, 2.45) is 0 Å². The molecule has 1 atom stereocenters. The standard InChI is InChI=1S/C15H15BrN4O2/c16-13-7-11(20(21)22)8-18-15(13)19-14-3-1-2-9-6-10(17)4-5-12(9)14/h4-8,14H,1-3,17H2,(H,18,19). The van der Waals surface area contributed by atoms with E-state index in [9.17, 15) is 10.1 Å². The summed E-state index contributed by atoms with van der Waals surface area (Å²) in [5.74, 6) is 0.611. The monoisotopic (exact) mass is 362 g/mol. The molecule has 0 spiro atoms. The Morgan fingerprint density at radius 3 is 2.95 bits per heavy atom. The van der Waals surface area contributed by atoms with Crippen LogP contribution in [0.1, 0.15) is 30.0 Å². The number of aryl methyl sites for hydroxylation is 1. The van der Waals surface area contributed by atoms with Gasteiger partial charge in [-0.2, -0.15) is 0 Å². The van der Waals surface area contributed by atoms with Crippen LogP contribution in [-0.2, 0) is 6.42 Å². The van der Waals surface area contributed by atoms with Gasteiger partial charge in [0.15, 0.2) is 0 Å². The Hall–Kier alpha value is -2.15. The van der Waals surface area contributed by atoms with Crippen molar-refractivity contribution in [1.82, 2.24) is 4.98 Å². The van der Waals surface area contributed by atoms with Crippen LogP contribution in [-0.4, -0.2) is 9.91 Å². The summed E-state index contributed by atoms with van der Waals surface area (Å²) in [7, 11) is 0. The van der Waals surface area contributed by atoms with Crippen LogP contribution in [0.25, 0.3) is 0 Å². The molecule has 0 amide bonds. The molecule has 1 aliphatic carbocycles. The number of fused-ring (bicyclic) bond motifs is 1. The average Bonchev–Trinajstić information content (AvgIpc) is 2.49. The maximum absolute atomic E-state index is 10.8. The Kier molecular flexibility index (Phi) is 3.98. The largest absolute Gasteiger partial charge is 0.399 e. The summed E-state index contributed by atoms with van der Waals surface area (Å²) in [6, 6.07) is 7.55. The van der Waals surface area contributed by atoms with Crippen molar-refractivity contribution in [1.29, 1.82) is 0 Å². The average molecular weight is 363 g/mol. The van der Waals surface area contributed by atoms with Crippen molar-refractivity contribution in [2.75, 3.05) is 11.1 Å². The minimum atomic E-state index is -0.458. The molecule has 1 heterocycles. The molecule has 0 saturated carbocycles. The molecule has 1 aromatic carbocycles. The van der Waals surface area contributed by atoms with E-state index < -0.39 is 4.92 Å². The highest BCUT2D eigenvalue weighted by Crippen LogP contribution is 2.35. The van der Waals surface area contributed by atoms with Gasteiger partial charge in [-0.15, -0.1) is 0 Å². The van der Waals surface area contributed by atoms with Crippen LogP contribution < -0.4 is 11.1 Å². The van der Waals surface area contributed by atoms with Crippen LogP contribution in [0.2, 0.25) is 0 Å². The summed E-state index contributed by atoms with van der Waals surface area (Å²) in [5, 5.41) is 14.1. The molecule has 6 nitrogen and oxygen atoms in total. The Balaban J connectivity index is 1.87. The van der Waals surface area contributed by atoms with Gasteiger partial charge in [0.2, 0.25) is 0 Å². The highest BCUT2D eigenvalue weighted by molar-refractivity contribution is 9.10. The Morgan fingerprint density at radius 2 is 2.23 bits per heavy atom. The Bertz CT molecular complexity index is 735. The number of nitrogen functional groups attached to an aromatic ring is 1. The van der Waals surface area contributed by atoms with Crippen LogP contribution in [0, 0.1) is 10.1 Å². The van der Waals surface area contributed by atoms with Gasteiger partial charge in [0.1, 0.15) is 12.0 Å². The number of nitrogens with one attached hydrogen (secondary N) is 1. The fraction of sp³-hybridized carbons (Fsp3) is 0.267. The lowest BCUT2D eigenvalue weighted by molar-refractivity contribution is -0.385. The number of pyridine rings is 1. The second-order valence-electron chi connectivity index (χ2n) is 5.33. The highest BCUT2D eigenvalue weighted by Gasteiger charge is 2.22. The number of hydrogen-bond acceptors (Lipinski definition) is 5. The van der Waals surface area contributed by atoms with Gasteiger partial charge in [-0.05, 0) is 58.5 Å². The zero-order chi connectivity index (χ0) is 15.7. The Morgan fingerprint density at radius 1 is 1.41 bits per heavy atom. The zero-order valence-corrected chi connectivity index (χ0v) is 13.3. The van der Waals surface area contributed by atoms with E-state index in [0.29, 0.717) is 10.3 Å². The molecular weight excluding hydrogens is 348 g/mol. The van der Waals surface area contributed by atoms with Crippen molar-refractivity contribution in [3.63, 3.8) is 0 Å². The van der Waals surface area contributed by atoms with Gasteiger partial charge in [0.05, 0.1) is 15.4 Å². The third-order valence-corrected chi connectivity index (χ3v) is 4.43. The van der Waals surface area contributed by atoms with Crippen LogP contribution >= 0.6 is 15.9 Å². The third kappa shape index (κ3) is 2.89. The maximum atomic E-state index is 10.8. The van der Waals surface area contributed by atoms with E-state index in [1.807, 2.05) is 18.2 Å². The van der Waals surface area contributed by atoms with Crippen LogP contribution in [0.3, 0.4) is 0 Å². The summed E-state index contributed by atoms with van der Waals surface area (Å²) in [4.78, 5) is 14.5. The lowest BCUT2D eigenvalue weighted by Crippen LogP contribution is -2.18. The summed E-state index contributed by atoms with van der Waals surface area (Å²) >= 11 is 3.34. The molecule has 7 heteroatoms. The normalized spacial score (nSPS) is 16.9. The molecule has 0 bridgehead atoms. The smallest absolute Gasteiger partial charge is 0.288 e. The van der Waals surface area contributed by atoms with E-state index in [1.54, 1.807) is 0 Å². The SMILES string of the molecule is Nc1ccc2c(c1)CCCC2Nc1ncc([N+](=O)[O-])cc1Br. The van der Waals surface area contributed by atoms with E-state index in [0.717, 1.165) is 24.9 Å². The molecular formula is C15H15BrN4O2. The molecule has 0 saturated heterocycles. The van der Waals surface area contributed by atoms with Gasteiger partial charge in [-0.3, -0.25) is 10.1 Å². The highest BCUT2D eigenvalue weighted by atomic mass is 79.9. The summed E-state index contributed by atoms with van der Waals surface area (Å²) in [5.41, 5.74) is 9.05. The first-order valence-corrected chi connectivity index (χ1v) is 7.78. The second-order valence-corrected chi connectivity index (χ2v) is 6.18. The van der Waals surface area contributed by atoms with Gasteiger partial charge in [0.25, 0.3) is 5.69 Å². The predicted molar refractivity (Wildman–Crippen MR) is 88.7 cm³/mol. The molecule has 1 unspecified atom stereocenters. The van der Waals surface area contributed by atoms with E-state index >= 15 is 0 Å². The van der Waals surface area contributed by atoms with Gasteiger partial charge in [-0.1, -0.05) is 6.07 Å². The molecule has 3 N–H and O–H groups in total. The van der Waals surface area contributed by atoms with Gasteiger partial charge in [0, 0.05) is 11.8 Å². The number of nitrogens with zero attached hydrogens (tertiary/aromatic N) is 2. The minimum absolute atomic E-state index is 0.0331. The van der Waals surface area contributed by atoms with Crippen LogP contribution in [0.4, 0.5) is 17.2 Å². The molecule has 3 rings (SSSR count). The fourth-order valence-electron chi connectivity index (χ4n) is 2.78. The molecule has 22 heavy (non-hydrogen) atoms. The zero-order valence-electron chi connectivity index (χ0n) is 11.8. The van der Waals surface area contributed by atoms with Crippen molar-refractivity contribution >= 4 is 33.1 Å². The number of rotatable bonds is 3. The lowest BCUT2D eigenvalue weighted by atomic mass is 9.87. The number of nitrogens with two attached hydrogens (primary N) is 1. The first-order valence-electron chi connectivity index (χ1n) is 6.99. The molecule has 0 fully saturated rings. The summed E-state index contributed by atoms with van der Waals surface area (Å²) in [6.45, 7) is 0. The van der Waals surface area contributed by atoms with Crippen LogP contribution in [0.5, 0.6) is 0 Å². The topological polar surface area (TPSA) is 94.1 Å². The predicted octanol–water partition coefficient (Wildman–Crippen LogP) is 3.82. The first kappa shape index (κ1) is 14.8. The van der Waals surface area contributed by atoms with Crippen molar-refractivity contribution in [3.05, 3.63) is 56.2 Å². The summed E-state index contributed by atoms with van der Waals surface area (Å²) < 4.78 is 0.587. The number of aromatic nitrogens is 1. The first-order chi connectivity index (χ1) is 10.5. The second kappa shape index (κ2) is 5.92. The third-order valence-electron chi connectivity index (χ3n) is 3.83. The Labute approximate surface area is 136 Å². The fourth-order valence-corrected chi connectivity index (χ4v) is 3.23. The number of halogens is 1. The van der Waals surface area contributed by atoms with Gasteiger partial charge in [-0.25, -0.2) is 4.98 Å². The minimum Gasteiger partial charge on any atom is -0.399 e. The molecule has 114 valence electrons. The van der Waals surface area contributed by atoms with Gasteiger partial charge >= 0.3 is 0 Å². The number of benzene rings is 1. The number of anilines is 2. The maximum Gasteiger partial charge on any atom is 0.288 e. The summed E-state index contributed by atoms with van der Waals surface area (Å²) in [6.07, 6.45) is 4.34.